The molecule has 2 fully saturated rings. The molecular formula is C15H15BrO5. The van der Waals surface area contributed by atoms with Gasteiger partial charge < -0.3 is 18.9 Å². The second kappa shape index (κ2) is 4.97. The molecule has 5 nitrogen and oxygen atoms in total. The van der Waals surface area contributed by atoms with Gasteiger partial charge in [0.2, 0.25) is 0 Å². The van der Waals surface area contributed by atoms with Crippen molar-refractivity contribution in [1.82, 2.24) is 0 Å². The maximum Gasteiger partial charge on any atom is 0.331 e. The lowest BCUT2D eigenvalue weighted by Gasteiger charge is -2.12. The number of esters is 1. The fourth-order valence-electron chi connectivity index (χ4n) is 3.37. The van der Waals surface area contributed by atoms with Crippen molar-refractivity contribution in [3.8, 4) is 5.75 Å². The molecule has 6 heteroatoms. The predicted octanol–water partition coefficient (Wildman–Crippen LogP) is 2.15. The Labute approximate surface area is 130 Å². The van der Waals surface area contributed by atoms with Gasteiger partial charge in [0.15, 0.2) is 0 Å². The SMILES string of the molecule is COC(=O)COCc1cc(Br)cc2c1OC1C[C@H]3O[C@H]3C21. The molecule has 1 aromatic rings. The minimum atomic E-state index is -0.381. The summed E-state index contributed by atoms with van der Waals surface area (Å²) in [5.74, 6) is 0.850. The first-order valence-corrected chi connectivity index (χ1v) is 7.75. The lowest BCUT2D eigenvalue weighted by molar-refractivity contribution is -0.146. The molecule has 2 heterocycles. The normalized spacial score (nSPS) is 31.1. The van der Waals surface area contributed by atoms with Gasteiger partial charge in [-0.15, -0.1) is 0 Å². The van der Waals surface area contributed by atoms with Gasteiger partial charge in [0.05, 0.1) is 31.8 Å². The number of hydrogen-bond donors (Lipinski definition) is 0. The summed E-state index contributed by atoms with van der Waals surface area (Å²) in [6, 6.07) is 4.08. The molecule has 21 heavy (non-hydrogen) atoms. The summed E-state index contributed by atoms with van der Waals surface area (Å²) in [5, 5.41) is 0. The van der Waals surface area contributed by atoms with E-state index in [0.717, 1.165) is 22.2 Å². The van der Waals surface area contributed by atoms with Crippen molar-refractivity contribution in [2.24, 2.45) is 0 Å². The molecular weight excluding hydrogens is 340 g/mol. The van der Waals surface area contributed by atoms with Crippen LogP contribution in [0, 0.1) is 0 Å². The van der Waals surface area contributed by atoms with Crippen LogP contribution in [0.4, 0.5) is 0 Å². The molecule has 0 aromatic heterocycles. The molecule has 2 unspecified atom stereocenters. The van der Waals surface area contributed by atoms with Crippen molar-refractivity contribution in [2.75, 3.05) is 13.7 Å². The van der Waals surface area contributed by atoms with Crippen molar-refractivity contribution in [2.45, 2.75) is 37.3 Å². The standard InChI is InChI=1S/C15H15BrO5/c1-18-12(17)6-19-5-7-2-8(16)3-9-13-10(20-14(7)9)4-11-15(13)21-11/h2-3,10-11,13,15H,4-6H2,1H3/t10?,11-,13?,15-/m1/s1. The highest BCUT2D eigenvalue weighted by Gasteiger charge is 2.60. The Kier molecular flexibility index (Phi) is 3.20. The molecule has 2 aliphatic heterocycles. The highest BCUT2D eigenvalue weighted by molar-refractivity contribution is 9.10. The number of ether oxygens (including phenoxy) is 4. The van der Waals surface area contributed by atoms with Crippen LogP contribution in [0.1, 0.15) is 23.5 Å². The van der Waals surface area contributed by atoms with Crippen molar-refractivity contribution in [3.05, 3.63) is 27.7 Å². The van der Waals surface area contributed by atoms with Crippen molar-refractivity contribution in [3.63, 3.8) is 0 Å². The summed E-state index contributed by atoms with van der Waals surface area (Å²) in [4.78, 5) is 11.1. The molecule has 3 aliphatic rings. The Morgan fingerprint density at radius 2 is 2.29 bits per heavy atom. The van der Waals surface area contributed by atoms with E-state index in [1.807, 2.05) is 6.07 Å². The van der Waals surface area contributed by atoms with Crippen molar-refractivity contribution >= 4 is 21.9 Å². The topological polar surface area (TPSA) is 57.3 Å². The van der Waals surface area contributed by atoms with Gasteiger partial charge in [0.25, 0.3) is 0 Å². The zero-order valence-electron chi connectivity index (χ0n) is 11.5. The molecule has 0 radical (unpaired) electrons. The number of hydrogen-bond acceptors (Lipinski definition) is 5. The first-order valence-electron chi connectivity index (χ1n) is 6.96. The van der Waals surface area contributed by atoms with E-state index < -0.39 is 0 Å². The summed E-state index contributed by atoms with van der Waals surface area (Å²) < 4.78 is 22.7. The molecule has 112 valence electrons. The number of benzene rings is 1. The zero-order chi connectivity index (χ0) is 14.6. The van der Waals surface area contributed by atoms with Crippen molar-refractivity contribution < 1.29 is 23.7 Å². The van der Waals surface area contributed by atoms with Gasteiger partial charge in [0, 0.05) is 22.0 Å². The average molecular weight is 355 g/mol. The Balaban J connectivity index is 1.55. The van der Waals surface area contributed by atoms with Gasteiger partial charge in [-0.3, -0.25) is 0 Å². The highest BCUT2D eigenvalue weighted by atomic mass is 79.9. The Hall–Kier alpha value is -1.11. The summed E-state index contributed by atoms with van der Waals surface area (Å²) in [6.45, 7) is 0.268. The van der Waals surface area contributed by atoms with E-state index in [4.69, 9.17) is 14.2 Å². The molecule has 4 rings (SSSR count). The smallest absolute Gasteiger partial charge is 0.331 e. The van der Waals surface area contributed by atoms with Crippen LogP contribution < -0.4 is 4.74 Å². The van der Waals surface area contributed by atoms with Gasteiger partial charge in [-0.1, -0.05) is 15.9 Å². The van der Waals surface area contributed by atoms with Crippen LogP contribution in [-0.2, 0) is 25.6 Å². The molecule has 1 saturated carbocycles. The van der Waals surface area contributed by atoms with E-state index in [9.17, 15) is 4.79 Å². The third-order valence-corrected chi connectivity index (χ3v) is 4.79. The van der Waals surface area contributed by atoms with Crippen molar-refractivity contribution in [1.29, 1.82) is 0 Å². The van der Waals surface area contributed by atoms with E-state index >= 15 is 0 Å². The van der Waals surface area contributed by atoms with E-state index in [1.165, 1.54) is 12.7 Å². The van der Waals surface area contributed by atoms with Gasteiger partial charge in [-0.2, -0.15) is 0 Å². The monoisotopic (exact) mass is 354 g/mol. The molecule has 4 atom stereocenters. The molecule has 0 amide bonds. The van der Waals surface area contributed by atoms with Crippen LogP contribution in [0.15, 0.2) is 16.6 Å². The largest absolute Gasteiger partial charge is 0.489 e. The molecule has 0 N–H and O–H groups in total. The van der Waals surface area contributed by atoms with E-state index in [-0.39, 0.29) is 18.7 Å². The number of carbonyl (C=O) groups is 1. The number of carbonyl (C=O) groups excluding carboxylic acids is 1. The number of methoxy groups -OCH3 is 1. The van der Waals surface area contributed by atoms with E-state index in [2.05, 4.69) is 26.7 Å². The van der Waals surface area contributed by atoms with Gasteiger partial charge in [-0.25, -0.2) is 4.79 Å². The van der Waals surface area contributed by atoms with E-state index in [1.54, 1.807) is 0 Å². The maximum atomic E-state index is 11.1. The first kappa shape index (κ1) is 13.5. The Morgan fingerprint density at radius 1 is 1.43 bits per heavy atom. The quantitative estimate of drug-likeness (QED) is 0.612. The molecule has 0 bridgehead atoms. The molecule has 0 spiro atoms. The summed E-state index contributed by atoms with van der Waals surface area (Å²) in [5.41, 5.74) is 2.14. The number of halogens is 1. The predicted molar refractivity (Wildman–Crippen MR) is 76.2 cm³/mol. The van der Waals surface area contributed by atoms with Crippen LogP contribution in [-0.4, -0.2) is 38.0 Å². The number of fused-ring (bicyclic) bond motifs is 5. The lowest BCUT2D eigenvalue weighted by atomic mass is 9.95. The maximum absolute atomic E-state index is 11.1. The van der Waals surface area contributed by atoms with Crippen LogP contribution in [0.5, 0.6) is 5.75 Å². The first-order chi connectivity index (χ1) is 10.2. The zero-order valence-corrected chi connectivity index (χ0v) is 13.1. The summed E-state index contributed by atoms with van der Waals surface area (Å²) in [6.07, 6.45) is 1.88. The van der Waals surface area contributed by atoms with Crippen LogP contribution >= 0.6 is 15.9 Å². The third-order valence-electron chi connectivity index (χ3n) is 4.33. The minimum absolute atomic E-state index is 0.0571. The van der Waals surface area contributed by atoms with Crippen LogP contribution in [0.25, 0.3) is 0 Å². The molecule has 1 saturated heterocycles. The van der Waals surface area contributed by atoms with Gasteiger partial charge in [0.1, 0.15) is 18.5 Å². The van der Waals surface area contributed by atoms with Gasteiger partial charge in [-0.05, 0) is 12.1 Å². The fourth-order valence-corrected chi connectivity index (χ4v) is 3.90. The Bertz CT molecular complexity index is 602. The average Bonchev–Trinajstić information content (AvgIpc) is 2.97. The molecule has 1 aromatic carbocycles. The minimum Gasteiger partial charge on any atom is -0.489 e. The summed E-state index contributed by atoms with van der Waals surface area (Å²) >= 11 is 3.54. The van der Waals surface area contributed by atoms with Gasteiger partial charge >= 0.3 is 5.97 Å². The van der Waals surface area contributed by atoms with Crippen LogP contribution in [0.2, 0.25) is 0 Å². The summed E-state index contributed by atoms with van der Waals surface area (Å²) in [7, 11) is 1.35. The number of rotatable bonds is 4. The molecule has 1 aliphatic carbocycles. The third kappa shape index (κ3) is 2.25. The number of epoxide rings is 1. The second-order valence-electron chi connectivity index (χ2n) is 5.61. The van der Waals surface area contributed by atoms with E-state index in [0.29, 0.717) is 24.7 Å². The highest BCUT2D eigenvalue weighted by Crippen LogP contribution is 2.56. The second-order valence-corrected chi connectivity index (χ2v) is 6.52. The van der Waals surface area contributed by atoms with Crippen LogP contribution in [0.3, 0.4) is 0 Å². The fraction of sp³-hybridized carbons (Fsp3) is 0.533. The lowest BCUT2D eigenvalue weighted by Crippen LogP contribution is -2.17. The Morgan fingerprint density at radius 3 is 3.10 bits per heavy atom.